The van der Waals surface area contributed by atoms with Crippen LogP contribution in [0.1, 0.15) is 48.4 Å². The van der Waals surface area contributed by atoms with Crippen molar-refractivity contribution in [3.63, 3.8) is 0 Å². The van der Waals surface area contributed by atoms with E-state index in [0.717, 1.165) is 84.6 Å². The number of aryl methyl sites for hydroxylation is 1. The summed E-state index contributed by atoms with van der Waals surface area (Å²) in [7, 11) is 1.76. The van der Waals surface area contributed by atoms with Crippen LogP contribution < -0.4 is 14.4 Å². The van der Waals surface area contributed by atoms with Crippen LogP contribution in [0, 0.1) is 12.8 Å². The number of hydrogen-bond acceptors (Lipinski definition) is 9. The van der Waals surface area contributed by atoms with Crippen LogP contribution in [-0.4, -0.2) is 79.7 Å². The lowest BCUT2D eigenvalue weighted by Gasteiger charge is -2.38. The van der Waals surface area contributed by atoms with Crippen molar-refractivity contribution in [2.24, 2.45) is 5.92 Å². The molecule has 10 heteroatoms. The van der Waals surface area contributed by atoms with Crippen molar-refractivity contribution in [1.29, 1.82) is 0 Å². The van der Waals surface area contributed by atoms with Gasteiger partial charge in [-0.25, -0.2) is 4.98 Å². The lowest BCUT2D eigenvalue weighted by atomic mass is 9.94. The van der Waals surface area contributed by atoms with E-state index >= 15 is 0 Å². The minimum atomic E-state index is -0.794. The number of ether oxygens (including phenoxy) is 4. The molecule has 3 aliphatic rings. The molecule has 2 atom stereocenters. The molecule has 0 bridgehead atoms. The zero-order valence-electron chi connectivity index (χ0n) is 25.9. The van der Waals surface area contributed by atoms with E-state index in [9.17, 15) is 9.90 Å². The maximum absolute atomic E-state index is 11.7. The second-order valence-corrected chi connectivity index (χ2v) is 12.8. The average Bonchev–Trinajstić information content (AvgIpc) is 3.54. The largest absolute Gasteiger partial charge is 0.496 e. The smallest absolute Gasteiger partial charge is 0.309 e. The maximum Gasteiger partial charge on any atom is 0.309 e. The molecule has 3 aliphatic heterocycles. The van der Waals surface area contributed by atoms with Gasteiger partial charge in [0, 0.05) is 68.5 Å². The summed E-state index contributed by atoms with van der Waals surface area (Å²) in [6.07, 6.45) is 3.38. The zero-order chi connectivity index (χ0) is 30.6. The second-order valence-electron chi connectivity index (χ2n) is 12.0. The quantitative estimate of drug-likeness (QED) is 0.312. The average molecular weight is 622 g/mol. The topological polar surface area (TPSA) is 93.6 Å². The number of piperidine rings is 1. The van der Waals surface area contributed by atoms with Crippen molar-refractivity contribution in [3.05, 3.63) is 58.0 Å². The van der Waals surface area contributed by atoms with Gasteiger partial charge in [-0.15, -0.1) is 11.3 Å². The molecule has 9 nitrogen and oxygen atoms in total. The van der Waals surface area contributed by atoms with E-state index in [1.165, 1.54) is 11.1 Å². The highest BCUT2D eigenvalue weighted by atomic mass is 32.1. The fourth-order valence-corrected chi connectivity index (χ4v) is 7.63. The van der Waals surface area contributed by atoms with Gasteiger partial charge in [-0.2, -0.15) is 0 Å². The van der Waals surface area contributed by atoms with Crippen LogP contribution in [0.5, 0.6) is 11.5 Å². The standard InChI is InChI=1S/C34H43N3O6S/c1-4-42-32-19-37(12-8-26(32)33(38)39)34-35-29(21-44-34)27-15-22(2)5-6-30(27)43-20-23-16-24-7-11-36(25-9-13-41-14-10-25)18-28(24)31(17-23)40-3/h5-6,15-17,21,25-26,32H,4,7-14,18-20H2,1-3H3,(H,38,39)/t26-,32+/m1/s1. The highest BCUT2D eigenvalue weighted by Crippen LogP contribution is 2.37. The van der Waals surface area contributed by atoms with Crippen molar-refractivity contribution in [3.8, 4) is 22.8 Å². The van der Waals surface area contributed by atoms with Gasteiger partial charge in [0.25, 0.3) is 0 Å². The van der Waals surface area contributed by atoms with Crippen molar-refractivity contribution in [2.45, 2.75) is 64.8 Å². The molecule has 0 amide bonds. The van der Waals surface area contributed by atoms with Crippen LogP contribution in [-0.2, 0) is 33.8 Å². The van der Waals surface area contributed by atoms with E-state index in [2.05, 4.69) is 46.4 Å². The van der Waals surface area contributed by atoms with Gasteiger partial charge < -0.3 is 29.0 Å². The summed E-state index contributed by atoms with van der Waals surface area (Å²) in [5.41, 5.74) is 6.66. The lowest BCUT2D eigenvalue weighted by molar-refractivity contribution is -0.148. The third-order valence-corrected chi connectivity index (χ3v) is 10.0. The normalized spacial score (nSPS) is 21.2. The predicted molar refractivity (Wildman–Crippen MR) is 171 cm³/mol. The Morgan fingerprint density at radius 2 is 1.98 bits per heavy atom. The van der Waals surface area contributed by atoms with Gasteiger partial charge in [-0.1, -0.05) is 17.7 Å². The van der Waals surface area contributed by atoms with Gasteiger partial charge in [0.15, 0.2) is 5.13 Å². The van der Waals surface area contributed by atoms with Crippen LogP contribution in [0.4, 0.5) is 5.13 Å². The highest BCUT2D eigenvalue weighted by molar-refractivity contribution is 7.14. The molecule has 2 fully saturated rings. The van der Waals surface area contributed by atoms with Crippen molar-refractivity contribution in [2.75, 3.05) is 51.5 Å². The third-order valence-electron chi connectivity index (χ3n) is 9.14. The van der Waals surface area contributed by atoms with E-state index in [1.54, 1.807) is 18.4 Å². The zero-order valence-corrected chi connectivity index (χ0v) is 26.7. The van der Waals surface area contributed by atoms with Gasteiger partial charge in [0.1, 0.15) is 18.1 Å². The summed E-state index contributed by atoms with van der Waals surface area (Å²) in [4.78, 5) is 21.5. The number of rotatable bonds is 10. The number of carboxylic acids is 1. The number of hydrogen-bond donors (Lipinski definition) is 1. The molecule has 0 saturated carbocycles. The fourth-order valence-electron chi connectivity index (χ4n) is 6.76. The van der Waals surface area contributed by atoms with Crippen LogP contribution in [0.3, 0.4) is 0 Å². The van der Waals surface area contributed by atoms with Crippen LogP contribution >= 0.6 is 11.3 Å². The number of methoxy groups -OCH3 is 1. The van der Waals surface area contributed by atoms with Gasteiger partial charge in [0.2, 0.25) is 0 Å². The third kappa shape index (κ3) is 6.73. The number of fused-ring (bicyclic) bond motifs is 1. The summed E-state index contributed by atoms with van der Waals surface area (Å²) in [5, 5.41) is 12.6. The van der Waals surface area contributed by atoms with Crippen molar-refractivity contribution < 1.29 is 28.8 Å². The van der Waals surface area contributed by atoms with Crippen molar-refractivity contribution in [1.82, 2.24) is 9.88 Å². The van der Waals surface area contributed by atoms with E-state index in [4.69, 9.17) is 23.9 Å². The molecule has 1 aromatic heterocycles. The van der Waals surface area contributed by atoms with Crippen LogP contribution in [0.15, 0.2) is 35.7 Å². The Labute approximate surface area is 263 Å². The Bertz CT molecular complexity index is 1440. The molecule has 44 heavy (non-hydrogen) atoms. The SMILES string of the molecule is CCO[C@H]1CN(c2nc(-c3cc(C)ccc3OCc3cc4c(c(OC)c3)CN(C3CCOCC3)CC4)cs2)CC[C@H]1C(=O)O. The minimum absolute atomic E-state index is 0.352. The number of nitrogens with zero attached hydrogens (tertiary/aromatic N) is 3. The molecule has 6 rings (SSSR count). The first kappa shape index (κ1) is 30.8. The molecular formula is C34H43N3O6S. The molecule has 1 N–H and O–H groups in total. The Kier molecular flexibility index (Phi) is 9.71. The molecular weight excluding hydrogens is 578 g/mol. The van der Waals surface area contributed by atoms with E-state index in [0.29, 0.717) is 38.8 Å². The summed E-state index contributed by atoms with van der Waals surface area (Å²) in [6.45, 7) is 9.72. The summed E-state index contributed by atoms with van der Waals surface area (Å²) in [5.74, 6) is 0.434. The Hall–Kier alpha value is -3.18. The molecule has 4 heterocycles. The Morgan fingerprint density at radius 1 is 1.14 bits per heavy atom. The number of aliphatic carboxylic acids is 1. The molecule has 0 unspecified atom stereocenters. The first-order chi connectivity index (χ1) is 21.4. The first-order valence-corrected chi connectivity index (χ1v) is 16.6. The maximum atomic E-state index is 11.7. The van der Waals surface area contributed by atoms with Gasteiger partial charge >= 0.3 is 5.97 Å². The number of carbonyl (C=O) groups is 1. The molecule has 2 aromatic carbocycles. The number of benzene rings is 2. The molecule has 236 valence electrons. The number of carboxylic acid groups (broad SMARTS) is 1. The number of anilines is 1. The molecule has 2 saturated heterocycles. The number of aromatic nitrogens is 1. The van der Waals surface area contributed by atoms with Gasteiger partial charge in [0.05, 0.1) is 24.8 Å². The monoisotopic (exact) mass is 621 g/mol. The molecule has 0 spiro atoms. The molecule has 3 aromatic rings. The predicted octanol–water partition coefficient (Wildman–Crippen LogP) is 5.56. The van der Waals surface area contributed by atoms with Crippen molar-refractivity contribution >= 4 is 22.4 Å². The molecule has 0 radical (unpaired) electrons. The second kappa shape index (κ2) is 13.9. The van der Waals surface area contributed by atoms with Gasteiger partial charge in [-0.3, -0.25) is 9.69 Å². The highest BCUT2D eigenvalue weighted by Gasteiger charge is 2.36. The lowest BCUT2D eigenvalue weighted by Crippen LogP contribution is -2.48. The summed E-state index contributed by atoms with van der Waals surface area (Å²) in [6, 6.07) is 11.2. The number of thiazole rings is 1. The summed E-state index contributed by atoms with van der Waals surface area (Å²) < 4.78 is 23.8. The minimum Gasteiger partial charge on any atom is -0.496 e. The van der Waals surface area contributed by atoms with Gasteiger partial charge in [-0.05, 0) is 68.9 Å². The van der Waals surface area contributed by atoms with E-state index in [-0.39, 0.29) is 6.10 Å². The Morgan fingerprint density at radius 3 is 2.75 bits per heavy atom. The van der Waals surface area contributed by atoms with Crippen LogP contribution in [0.2, 0.25) is 0 Å². The first-order valence-electron chi connectivity index (χ1n) is 15.7. The Balaban J connectivity index is 1.17. The fraction of sp³-hybridized carbons (Fsp3) is 0.529. The summed E-state index contributed by atoms with van der Waals surface area (Å²) >= 11 is 1.57. The van der Waals surface area contributed by atoms with E-state index in [1.807, 2.05) is 13.0 Å². The van der Waals surface area contributed by atoms with E-state index < -0.39 is 11.9 Å². The van der Waals surface area contributed by atoms with Crippen LogP contribution in [0.25, 0.3) is 11.3 Å². The molecule has 0 aliphatic carbocycles.